The molecule has 0 saturated carbocycles. The highest BCUT2D eigenvalue weighted by Crippen LogP contribution is 1.93. The molecule has 0 unspecified atom stereocenters. The first-order chi connectivity index (χ1) is 8.97. The Morgan fingerprint density at radius 2 is 2.00 bits per heavy atom. The molecule has 0 radical (unpaired) electrons. The third-order valence-electron chi connectivity index (χ3n) is 2.40. The van der Waals surface area contributed by atoms with Crippen LogP contribution in [0.15, 0.2) is 21.9 Å². The van der Waals surface area contributed by atoms with Crippen molar-refractivity contribution in [1.29, 1.82) is 0 Å². The molecule has 7 heteroatoms. The highest BCUT2D eigenvalue weighted by Gasteiger charge is 2.04. The highest BCUT2D eigenvalue weighted by atomic mass is 16.6. The van der Waals surface area contributed by atoms with Crippen molar-refractivity contribution in [2.24, 2.45) is 14.1 Å². The Kier molecular flexibility index (Phi) is 5.25. The zero-order chi connectivity index (χ0) is 14.4. The van der Waals surface area contributed by atoms with E-state index in [4.69, 9.17) is 9.47 Å². The second-order valence-corrected chi connectivity index (χ2v) is 3.84. The summed E-state index contributed by atoms with van der Waals surface area (Å²) >= 11 is 0. The molecule has 0 atom stereocenters. The smallest absolute Gasteiger partial charge is 0.330 e. The summed E-state index contributed by atoms with van der Waals surface area (Å²) in [5.74, 6) is -0.576. The van der Waals surface area contributed by atoms with E-state index in [9.17, 15) is 14.4 Å². The van der Waals surface area contributed by atoms with E-state index >= 15 is 0 Å². The molecule has 0 saturated heterocycles. The van der Waals surface area contributed by atoms with E-state index in [1.165, 1.54) is 38.0 Å². The second kappa shape index (κ2) is 6.69. The molecule has 0 bridgehead atoms. The maximum atomic E-state index is 11.7. The number of hydrogen-bond donors (Lipinski definition) is 0. The fourth-order valence-corrected chi connectivity index (χ4v) is 1.38. The van der Waals surface area contributed by atoms with Gasteiger partial charge in [-0.2, -0.15) is 0 Å². The average Bonchev–Trinajstić information content (AvgIpc) is 2.39. The van der Waals surface area contributed by atoms with Crippen molar-refractivity contribution >= 4 is 12.0 Å². The van der Waals surface area contributed by atoms with Crippen LogP contribution in [0.5, 0.6) is 0 Å². The largest absolute Gasteiger partial charge is 0.460 e. The summed E-state index contributed by atoms with van der Waals surface area (Å²) in [6.45, 7) is 0.451. The van der Waals surface area contributed by atoms with Crippen LogP contribution < -0.4 is 11.2 Å². The number of aryl methyl sites for hydroxylation is 1. The normalized spacial score (nSPS) is 10.9. The molecule has 0 aliphatic heterocycles. The van der Waals surface area contributed by atoms with Gasteiger partial charge in [0.05, 0.1) is 12.2 Å². The van der Waals surface area contributed by atoms with Gasteiger partial charge in [0, 0.05) is 33.5 Å². The molecule has 7 nitrogen and oxygen atoms in total. The van der Waals surface area contributed by atoms with Crippen LogP contribution in [0.3, 0.4) is 0 Å². The maximum Gasteiger partial charge on any atom is 0.330 e. The molecule has 1 heterocycles. The number of esters is 1. The van der Waals surface area contributed by atoms with Crippen LogP contribution in [-0.2, 0) is 28.4 Å². The summed E-state index contributed by atoms with van der Waals surface area (Å²) in [7, 11) is 4.40. The van der Waals surface area contributed by atoms with Gasteiger partial charge in [-0.15, -0.1) is 0 Å². The molecule has 0 aliphatic rings. The van der Waals surface area contributed by atoms with Crippen molar-refractivity contribution in [2.45, 2.75) is 0 Å². The van der Waals surface area contributed by atoms with E-state index in [2.05, 4.69) is 0 Å². The zero-order valence-corrected chi connectivity index (χ0v) is 11.1. The quantitative estimate of drug-likeness (QED) is 0.400. The molecule has 1 rings (SSSR count). The number of aromatic nitrogens is 2. The van der Waals surface area contributed by atoms with Crippen LogP contribution in [0.4, 0.5) is 0 Å². The lowest BCUT2D eigenvalue weighted by Gasteiger charge is -2.03. The Hall–Kier alpha value is -2.15. The predicted molar refractivity (Wildman–Crippen MR) is 68.8 cm³/mol. The van der Waals surface area contributed by atoms with E-state index in [1.54, 1.807) is 0 Å². The molecule has 104 valence electrons. The molecular weight excluding hydrogens is 252 g/mol. The SMILES string of the molecule is COCCOC(=O)/C=C/c1cn(C)c(=O)n(C)c1=O. The fraction of sp³-hybridized carbons (Fsp3) is 0.417. The molecular formula is C12H16N2O5. The molecule has 0 aromatic carbocycles. The van der Waals surface area contributed by atoms with Gasteiger partial charge in [0.2, 0.25) is 0 Å². The van der Waals surface area contributed by atoms with Crippen LogP contribution in [0.2, 0.25) is 0 Å². The Bertz CT molecular complexity index is 597. The standard InChI is InChI=1S/C12H16N2O5/c1-13-8-9(11(16)14(2)12(13)17)4-5-10(15)19-7-6-18-3/h4-5,8H,6-7H2,1-3H3/b5-4+. The molecule has 0 aliphatic carbocycles. The first-order valence-electron chi connectivity index (χ1n) is 5.57. The van der Waals surface area contributed by atoms with Crippen LogP contribution >= 0.6 is 0 Å². The minimum Gasteiger partial charge on any atom is -0.460 e. The highest BCUT2D eigenvalue weighted by molar-refractivity contribution is 5.86. The van der Waals surface area contributed by atoms with Crippen LogP contribution in [0.25, 0.3) is 6.08 Å². The van der Waals surface area contributed by atoms with Gasteiger partial charge in [0.15, 0.2) is 0 Å². The van der Waals surface area contributed by atoms with Crippen LogP contribution in [0.1, 0.15) is 5.56 Å². The van der Waals surface area contributed by atoms with Gasteiger partial charge in [-0.1, -0.05) is 0 Å². The van der Waals surface area contributed by atoms with Crippen molar-refractivity contribution in [3.63, 3.8) is 0 Å². The van der Waals surface area contributed by atoms with Gasteiger partial charge in [-0.25, -0.2) is 9.59 Å². The summed E-state index contributed by atoms with van der Waals surface area (Å²) in [6, 6.07) is 0. The molecule has 1 aromatic heterocycles. The molecule has 0 amide bonds. The van der Waals surface area contributed by atoms with Crippen LogP contribution in [0, 0.1) is 0 Å². The van der Waals surface area contributed by atoms with Gasteiger partial charge in [0.25, 0.3) is 5.56 Å². The Morgan fingerprint density at radius 1 is 1.32 bits per heavy atom. The third-order valence-corrected chi connectivity index (χ3v) is 2.40. The lowest BCUT2D eigenvalue weighted by atomic mass is 10.3. The van der Waals surface area contributed by atoms with Gasteiger partial charge < -0.3 is 14.0 Å². The predicted octanol–water partition coefficient (Wildman–Crippen LogP) is -0.713. The molecule has 19 heavy (non-hydrogen) atoms. The van der Waals surface area contributed by atoms with E-state index in [0.29, 0.717) is 6.61 Å². The van der Waals surface area contributed by atoms with E-state index in [1.807, 2.05) is 0 Å². The topological polar surface area (TPSA) is 79.5 Å². The van der Waals surface area contributed by atoms with Crippen molar-refractivity contribution in [2.75, 3.05) is 20.3 Å². The molecule has 1 aromatic rings. The minimum absolute atomic E-state index is 0.144. The Labute approximate surface area is 109 Å². The third kappa shape index (κ3) is 3.92. The summed E-state index contributed by atoms with van der Waals surface area (Å²) in [5.41, 5.74) is -0.665. The lowest BCUT2D eigenvalue weighted by molar-refractivity contribution is -0.138. The first kappa shape index (κ1) is 14.9. The summed E-state index contributed by atoms with van der Waals surface area (Å²) in [5, 5.41) is 0. The minimum atomic E-state index is -0.576. The first-order valence-corrected chi connectivity index (χ1v) is 5.57. The number of methoxy groups -OCH3 is 1. The second-order valence-electron chi connectivity index (χ2n) is 3.84. The summed E-state index contributed by atoms with van der Waals surface area (Å²) in [6.07, 6.45) is 3.82. The fourth-order valence-electron chi connectivity index (χ4n) is 1.38. The van der Waals surface area contributed by atoms with Crippen LogP contribution in [-0.4, -0.2) is 35.4 Å². The van der Waals surface area contributed by atoms with Crippen molar-refractivity contribution in [3.05, 3.63) is 38.7 Å². The zero-order valence-electron chi connectivity index (χ0n) is 11.1. The van der Waals surface area contributed by atoms with E-state index in [-0.39, 0.29) is 12.2 Å². The van der Waals surface area contributed by atoms with Crippen molar-refractivity contribution in [1.82, 2.24) is 9.13 Å². The van der Waals surface area contributed by atoms with Gasteiger partial charge in [0.1, 0.15) is 6.61 Å². The number of carbonyl (C=O) groups is 1. The number of carbonyl (C=O) groups excluding carboxylic acids is 1. The van der Waals surface area contributed by atoms with Crippen molar-refractivity contribution < 1.29 is 14.3 Å². The summed E-state index contributed by atoms with van der Waals surface area (Å²) < 4.78 is 11.8. The van der Waals surface area contributed by atoms with Gasteiger partial charge in [-0.05, 0) is 6.08 Å². The Balaban J connectivity index is 2.86. The Morgan fingerprint density at radius 3 is 2.63 bits per heavy atom. The molecule has 0 fully saturated rings. The average molecular weight is 268 g/mol. The number of ether oxygens (including phenoxy) is 2. The number of rotatable bonds is 5. The number of nitrogens with zero attached hydrogens (tertiary/aromatic N) is 2. The van der Waals surface area contributed by atoms with Crippen molar-refractivity contribution in [3.8, 4) is 0 Å². The van der Waals surface area contributed by atoms with E-state index in [0.717, 1.165) is 10.6 Å². The lowest BCUT2D eigenvalue weighted by Crippen LogP contribution is -2.37. The van der Waals surface area contributed by atoms with Gasteiger partial charge in [-0.3, -0.25) is 9.36 Å². The number of hydrogen-bond acceptors (Lipinski definition) is 5. The summed E-state index contributed by atoms with van der Waals surface area (Å²) in [4.78, 5) is 34.5. The maximum absolute atomic E-state index is 11.7. The molecule has 0 N–H and O–H groups in total. The monoisotopic (exact) mass is 268 g/mol. The van der Waals surface area contributed by atoms with E-state index < -0.39 is 17.2 Å². The molecule has 0 spiro atoms. The van der Waals surface area contributed by atoms with Gasteiger partial charge >= 0.3 is 11.7 Å².